The normalized spacial score (nSPS) is 24.4. The van der Waals surface area contributed by atoms with Crippen molar-refractivity contribution in [3.05, 3.63) is 11.6 Å². The van der Waals surface area contributed by atoms with Crippen LogP contribution in [0.15, 0.2) is 11.6 Å². The lowest BCUT2D eigenvalue weighted by Gasteiger charge is -2.36. The summed E-state index contributed by atoms with van der Waals surface area (Å²) in [7, 11) is 0. The molecule has 0 radical (unpaired) electrons. The minimum Gasteiger partial charge on any atom is -0.393 e. The third-order valence-electron chi connectivity index (χ3n) is 4.21. The number of carbonyl (C=O) groups excluding carboxylic acids is 1. The molecule has 1 aliphatic carbocycles. The van der Waals surface area contributed by atoms with Crippen molar-refractivity contribution in [1.29, 1.82) is 0 Å². The molecular weight excluding hydrogens is 268 g/mol. The fraction of sp³-hybridized carbons (Fsp3) is 0.812. The topological polar surface area (TPSA) is 61.8 Å². The Morgan fingerprint density at radius 1 is 1.57 bits per heavy atom. The molecule has 0 aromatic heterocycles. The lowest BCUT2D eigenvalue weighted by atomic mass is 9.97. The van der Waals surface area contributed by atoms with E-state index in [-0.39, 0.29) is 12.1 Å². The molecule has 0 saturated carbocycles. The van der Waals surface area contributed by atoms with E-state index in [1.807, 2.05) is 4.90 Å². The molecule has 1 aliphatic heterocycles. The van der Waals surface area contributed by atoms with Crippen LogP contribution in [-0.2, 0) is 4.74 Å². The Morgan fingerprint density at radius 3 is 3.14 bits per heavy atom. The van der Waals surface area contributed by atoms with E-state index in [0.717, 1.165) is 6.42 Å². The van der Waals surface area contributed by atoms with Crippen LogP contribution < -0.4 is 5.32 Å². The number of rotatable bonds is 5. The van der Waals surface area contributed by atoms with Crippen LogP contribution in [0.4, 0.5) is 4.79 Å². The lowest BCUT2D eigenvalue weighted by molar-refractivity contribution is -0.00425. The van der Waals surface area contributed by atoms with Crippen molar-refractivity contribution in [2.45, 2.75) is 57.6 Å². The van der Waals surface area contributed by atoms with Gasteiger partial charge in [-0.25, -0.2) is 4.79 Å². The van der Waals surface area contributed by atoms with Crippen LogP contribution in [0.25, 0.3) is 0 Å². The molecule has 21 heavy (non-hydrogen) atoms. The number of allylic oxidation sites excluding steroid dienone is 1. The molecule has 0 unspecified atom stereocenters. The highest BCUT2D eigenvalue weighted by Gasteiger charge is 2.28. The monoisotopic (exact) mass is 296 g/mol. The second-order valence-corrected chi connectivity index (χ2v) is 6.10. The van der Waals surface area contributed by atoms with Gasteiger partial charge in [-0.05, 0) is 45.4 Å². The van der Waals surface area contributed by atoms with Gasteiger partial charge in [0.05, 0.1) is 25.4 Å². The average molecular weight is 296 g/mol. The summed E-state index contributed by atoms with van der Waals surface area (Å²) < 4.78 is 5.42. The molecule has 2 aliphatic rings. The second kappa shape index (κ2) is 8.39. The van der Waals surface area contributed by atoms with Crippen molar-refractivity contribution in [2.75, 3.05) is 26.3 Å². The van der Waals surface area contributed by atoms with Gasteiger partial charge in [-0.3, -0.25) is 0 Å². The molecule has 0 aromatic rings. The fourth-order valence-corrected chi connectivity index (χ4v) is 3.07. The Hall–Kier alpha value is -1.07. The molecule has 5 heteroatoms. The zero-order chi connectivity index (χ0) is 15.1. The van der Waals surface area contributed by atoms with E-state index in [4.69, 9.17) is 4.74 Å². The first-order chi connectivity index (χ1) is 10.2. The molecule has 0 spiro atoms. The predicted octanol–water partition coefficient (Wildman–Crippen LogP) is 2.06. The summed E-state index contributed by atoms with van der Waals surface area (Å²) in [5, 5.41) is 12.5. The number of ether oxygens (including phenoxy) is 1. The molecule has 2 rings (SSSR count). The summed E-state index contributed by atoms with van der Waals surface area (Å²) in [5.41, 5.74) is 1.48. The summed E-state index contributed by atoms with van der Waals surface area (Å²) in [6, 6.07) is -0.0481. The van der Waals surface area contributed by atoms with Crippen LogP contribution in [-0.4, -0.2) is 54.5 Å². The van der Waals surface area contributed by atoms with E-state index in [0.29, 0.717) is 32.7 Å². The average Bonchev–Trinajstić information content (AvgIpc) is 2.48. The number of hydrogen-bond acceptors (Lipinski definition) is 3. The van der Waals surface area contributed by atoms with Crippen molar-refractivity contribution in [2.24, 2.45) is 0 Å². The number of amides is 2. The lowest BCUT2D eigenvalue weighted by Crippen LogP contribution is -2.53. The van der Waals surface area contributed by atoms with Gasteiger partial charge in [-0.15, -0.1) is 0 Å². The largest absolute Gasteiger partial charge is 0.393 e. The van der Waals surface area contributed by atoms with Crippen molar-refractivity contribution in [3.8, 4) is 0 Å². The van der Waals surface area contributed by atoms with Crippen molar-refractivity contribution in [1.82, 2.24) is 10.2 Å². The quantitative estimate of drug-likeness (QED) is 0.763. The smallest absolute Gasteiger partial charge is 0.317 e. The number of aliphatic hydroxyl groups excluding tert-OH is 1. The molecule has 120 valence electrons. The Balaban J connectivity index is 1.76. The molecule has 1 fully saturated rings. The molecule has 1 heterocycles. The van der Waals surface area contributed by atoms with Crippen LogP contribution in [0.5, 0.6) is 0 Å². The summed E-state index contributed by atoms with van der Waals surface area (Å²) >= 11 is 0. The Kier molecular flexibility index (Phi) is 6.51. The number of aliphatic hydroxyl groups is 1. The van der Waals surface area contributed by atoms with E-state index in [1.54, 1.807) is 6.92 Å². The highest BCUT2D eigenvalue weighted by molar-refractivity contribution is 5.74. The Bertz CT molecular complexity index is 369. The number of carbonyl (C=O) groups is 1. The van der Waals surface area contributed by atoms with Crippen LogP contribution in [0.2, 0.25) is 0 Å². The van der Waals surface area contributed by atoms with E-state index < -0.39 is 6.10 Å². The van der Waals surface area contributed by atoms with Gasteiger partial charge in [0, 0.05) is 13.1 Å². The molecule has 0 bridgehead atoms. The molecule has 2 N–H and O–H groups in total. The van der Waals surface area contributed by atoms with Gasteiger partial charge < -0.3 is 20.1 Å². The zero-order valence-electron chi connectivity index (χ0n) is 13.0. The molecule has 2 amide bonds. The molecular formula is C16H28N2O3. The maximum absolute atomic E-state index is 12.3. The van der Waals surface area contributed by atoms with Gasteiger partial charge in [0.25, 0.3) is 0 Å². The molecule has 1 saturated heterocycles. The molecule has 0 aromatic carbocycles. The second-order valence-electron chi connectivity index (χ2n) is 6.10. The standard InChI is InChI=1S/C16H28N2O3/c1-13(19)11-15-12-21-10-9-18(15)16(20)17-8-7-14-5-3-2-4-6-14/h5,13,15,19H,2-4,6-12H2,1H3,(H,17,20)/t13-,15-/m1/s1. The zero-order valence-corrected chi connectivity index (χ0v) is 13.0. The van der Waals surface area contributed by atoms with Gasteiger partial charge in [0.1, 0.15) is 0 Å². The molecule has 5 nitrogen and oxygen atoms in total. The maximum Gasteiger partial charge on any atom is 0.317 e. The third-order valence-corrected chi connectivity index (χ3v) is 4.21. The summed E-state index contributed by atoms with van der Waals surface area (Å²) in [4.78, 5) is 14.1. The van der Waals surface area contributed by atoms with Gasteiger partial charge in [-0.1, -0.05) is 11.6 Å². The van der Waals surface area contributed by atoms with Crippen LogP contribution in [0, 0.1) is 0 Å². The highest BCUT2D eigenvalue weighted by atomic mass is 16.5. The van der Waals surface area contributed by atoms with Crippen LogP contribution in [0.1, 0.15) is 45.4 Å². The summed E-state index contributed by atoms with van der Waals surface area (Å²) in [6.45, 7) is 4.15. The van der Waals surface area contributed by atoms with Crippen LogP contribution >= 0.6 is 0 Å². The van der Waals surface area contributed by atoms with Crippen molar-refractivity contribution >= 4 is 6.03 Å². The first kappa shape index (κ1) is 16.3. The highest BCUT2D eigenvalue weighted by Crippen LogP contribution is 2.19. The Morgan fingerprint density at radius 2 is 2.43 bits per heavy atom. The number of hydrogen-bond donors (Lipinski definition) is 2. The number of nitrogens with zero attached hydrogens (tertiary/aromatic N) is 1. The van der Waals surface area contributed by atoms with Gasteiger partial charge in [-0.2, -0.15) is 0 Å². The van der Waals surface area contributed by atoms with E-state index in [2.05, 4.69) is 11.4 Å². The summed E-state index contributed by atoms with van der Waals surface area (Å²) in [6.07, 6.45) is 8.36. The van der Waals surface area contributed by atoms with Crippen molar-refractivity contribution < 1.29 is 14.6 Å². The fourth-order valence-electron chi connectivity index (χ4n) is 3.07. The number of nitrogens with one attached hydrogen (secondary N) is 1. The number of urea groups is 1. The Labute approximate surface area is 127 Å². The predicted molar refractivity (Wildman–Crippen MR) is 82.2 cm³/mol. The van der Waals surface area contributed by atoms with E-state index >= 15 is 0 Å². The van der Waals surface area contributed by atoms with Crippen molar-refractivity contribution in [3.63, 3.8) is 0 Å². The SMILES string of the molecule is C[C@@H](O)C[C@@H]1COCCN1C(=O)NCCC1=CCCCC1. The minimum atomic E-state index is -0.417. The first-order valence-corrected chi connectivity index (χ1v) is 8.15. The first-order valence-electron chi connectivity index (χ1n) is 8.15. The minimum absolute atomic E-state index is 0.0207. The third kappa shape index (κ3) is 5.32. The van der Waals surface area contributed by atoms with E-state index in [9.17, 15) is 9.90 Å². The van der Waals surface area contributed by atoms with E-state index in [1.165, 1.54) is 31.3 Å². The van der Waals surface area contributed by atoms with Gasteiger partial charge in [0.15, 0.2) is 0 Å². The van der Waals surface area contributed by atoms with Gasteiger partial charge in [0.2, 0.25) is 0 Å². The van der Waals surface area contributed by atoms with Crippen LogP contribution in [0.3, 0.4) is 0 Å². The number of morpholine rings is 1. The maximum atomic E-state index is 12.3. The summed E-state index contributed by atoms with van der Waals surface area (Å²) in [5.74, 6) is 0. The molecule has 2 atom stereocenters. The van der Waals surface area contributed by atoms with Gasteiger partial charge >= 0.3 is 6.03 Å².